The molecule has 0 aliphatic carbocycles. The summed E-state index contributed by atoms with van der Waals surface area (Å²) >= 11 is 0. The van der Waals surface area contributed by atoms with Crippen molar-refractivity contribution in [2.45, 2.75) is 58.8 Å². The highest BCUT2D eigenvalue weighted by molar-refractivity contribution is 5.87. The summed E-state index contributed by atoms with van der Waals surface area (Å²) < 4.78 is 9.34. The lowest BCUT2D eigenvalue weighted by molar-refractivity contribution is -0.143. The number of hydrogen-bond donors (Lipinski definition) is 1. The third kappa shape index (κ3) is 19.9. The van der Waals surface area contributed by atoms with Gasteiger partial charge in [0.25, 0.3) is 0 Å². The van der Waals surface area contributed by atoms with Gasteiger partial charge in [-0.2, -0.15) is 0 Å². The van der Waals surface area contributed by atoms with Crippen LogP contribution in [0.1, 0.15) is 58.8 Å². The van der Waals surface area contributed by atoms with Crippen LogP contribution in [0.4, 0.5) is 0 Å². The largest absolute Gasteiger partial charge is 0.481 e. The van der Waals surface area contributed by atoms with Crippen molar-refractivity contribution in [1.82, 2.24) is 0 Å². The second kappa shape index (κ2) is 17.2. The number of carboxylic acids is 1. The summed E-state index contributed by atoms with van der Waals surface area (Å²) in [7, 11) is 0. The van der Waals surface area contributed by atoms with Gasteiger partial charge in [-0.05, 0) is 13.3 Å². The van der Waals surface area contributed by atoms with E-state index in [-0.39, 0.29) is 24.6 Å². The van der Waals surface area contributed by atoms with E-state index in [0.717, 1.165) is 12.8 Å². The minimum atomic E-state index is -0.987. The number of unbranched alkanes of at least 4 members (excludes halogenated alkanes) is 5. The highest BCUT2D eigenvalue weighted by atomic mass is 16.5. The molecule has 0 atom stereocenters. The SMILES string of the molecule is C=C(C)C(=O)OCCC(=O)O.C=CC(=O)OCCCCCCCC. The lowest BCUT2D eigenvalue weighted by Crippen LogP contribution is -2.09. The van der Waals surface area contributed by atoms with Gasteiger partial charge in [0.15, 0.2) is 0 Å². The predicted octanol–water partition coefficient (Wildman–Crippen LogP) is 3.66. The Morgan fingerprint density at radius 1 is 1.00 bits per heavy atom. The molecular formula is C18H30O6. The van der Waals surface area contributed by atoms with Crippen LogP contribution in [0, 0.1) is 0 Å². The third-order valence-electron chi connectivity index (χ3n) is 2.81. The molecule has 6 nitrogen and oxygen atoms in total. The van der Waals surface area contributed by atoms with Crippen molar-refractivity contribution >= 4 is 17.9 Å². The standard InChI is InChI=1S/C11H20O2.C7H10O4/c1-3-5-6-7-8-9-10-13-11(12)4-2;1-5(2)7(10)11-4-3-6(8)9/h4H,2-3,5-10H2,1H3;1,3-4H2,2H3,(H,8,9). The average molecular weight is 342 g/mol. The van der Waals surface area contributed by atoms with E-state index in [1.165, 1.54) is 38.7 Å². The number of hydrogen-bond acceptors (Lipinski definition) is 5. The molecule has 0 heterocycles. The molecule has 1 N–H and O–H groups in total. The Hall–Kier alpha value is -2.11. The van der Waals surface area contributed by atoms with Gasteiger partial charge in [-0.3, -0.25) is 4.79 Å². The fourth-order valence-electron chi connectivity index (χ4n) is 1.47. The lowest BCUT2D eigenvalue weighted by Gasteiger charge is -2.01. The molecule has 0 saturated carbocycles. The summed E-state index contributed by atoms with van der Waals surface area (Å²) in [5.41, 5.74) is 0.274. The molecule has 0 saturated heterocycles. The molecule has 0 fully saturated rings. The highest BCUT2D eigenvalue weighted by Crippen LogP contribution is 2.04. The van der Waals surface area contributed by atoms with Gasteiger partial charge in [0.05, 0.1) is 13.0 Å². The highest BCUT2D eigenvalue weighted by Gasteiger charge is 2.03. The molecule has 0 bridgehead atoms. The van der Waals surface area contributed by atoms with E-state index in [9.17, 15) is 14.4 Å². The van der Waals surface area contributed by atoms with E-state index < -0.39 is 11.9 Å². The van der Waals surface area contributed by atoms with Crippen LogP contribution in [0.3, 0.4) is 0 Å². The van der Waals surface area contributed by atoms with Crippen LogP contribution in [0.5, 0.6) is 0 Å². The summed E-state index contributed by atoms with van der Waals surface area (Å²) in [6, 6.07) is 0. The van der Waals surface area contributed by atoms with Crippen LogP contribution in [0.2, 0.25) is 0 Å². The van der Waals surface area contributed by atoms with Gasteiger partial charge < -0.3 is 14.6 Å². The monoisotopic (exact) mass is 342 g/mol. The molecule has 0 aliphatic heterocycles. The molecule has 0 aromatic heterocycles. The number of carbonyl (C=O) groups is 3. The van der Waals surface area contributed by atoms with Crippen LogP contribution in [-0.4, -0.2) is 36.2 Å². The Bertz CT molecular complexity index is 400. The maximum atomic E-state index is 10.6. The first-order valence-corrected chi connectivity index (χ1v) is 8.18. The summed E-state index contributed by atoms with van der Waals surface area (Å²) in [5, 5.41) is 8.15. The number of esters is 2. The molecule has 0 unspecified atom stereocenters. The maximum absolute atomic E-state index is 10.6. The van der Waals surface area contributed by atoms with Crippen LogP contribution in [0.25, 0.3) is 0 Å². The quantitative estimate of drug-likeness (QED) is 0.331. The number of ether oxygens (including phenoxy) is 2. The van der Waals surface area contributed by atoms with E-state index in [1.807, 2.05) is 0 Å². The van der Waals surface area contributed by atoms with E-state index in [4.69, 9.17) is 9.84 Å². The topological polar surface area (TPSA) is 89.9 Å². The predicted molar refractivity (Wildman–Crippen MR) is 92.6 cm³/mol. The minimum Gasteiger partial charge on any atom is -0.481 e. The Morgan fingerprint density at radius 3 is 2.08 bits per heavy atom. The molecule has 138 valence electrons. The molecule has 24 heavy (non-hydrogen) atoms. The van der Waals surface area contributed by atoms with Gasteiger partial charge in [-0.25, -0.2) is 9.59 Å². The Kier molecular flexibility index (Phi) is 17.4. The van der Waals surface area contributed by atoms with E-state index in [2.05, 4.69) is 24.8 Å². The van der Waals surface area contributed by atoms with Gasteiger partial charge in [-0.15, -0.1) is 0 Å². The smallest absolute Gasteiger partial charge is 0.333 e. The van der Waals surface area contributed by atoms with Crippen LogP contribution in [-0.2, 0) is 23.9 Å². The first-order chi connectivity index (χ1) is 11.3. The zero-order valence-corrected chi connectivity index (χ0v) is 14.8. The van der Waals surface area contributed by atoms with E-state index >= 15 is 0 Å². The molecule has 0 amide bonds. The van der Waals surface area contributed by atoms with Crippen molar-refractivity contribution in [3.8, 4) is 0 Å². The van der Waals surface area contributed by atoms with Gasteiger partial charge in [0, 0.05) is 11.6 Å². The average Bonchev–Trinajstić information content (AvgIpc) is 2.53. The molecule has 0 spiro atoms. The Labute approximate surface area is 144 Å². The zero-order chi connectivity index (χ0) is 18.8. The molecule has 0 radical (unpaired) electrons. The van der Waals surface area contributed by atoms with E-state index in [0.29, 0.717) is 6.61 Å². The molecule has 0 aliphatic rings. The van der Waals surface area contributed by atoms with Crippen molar-refractivity contribution in [1.29, 1.82) is 0 Å². The van der Waals surface area contributed by atoms with Crippen LogP contribution in [0.15, 0.2) is 24.8 Å². The number of carbonyl (C=O) groups excluding carboxylic acids is 2. The van der Waals surface area contributed by atoms with Crippen molar-refractivity contribution in [2.24, 2.45) is 0 Å². The molecule has 0 rings (SSSR count). The molecule has 6 heteroatoms. The summed E-state index contributed by atoms with van der Waals surface area (Å²) in [4.78, 5) is 31.2. The molecule has 0 aromatic rings. The van der Waals surface area contributed by atoms with Crippen LogP contribution < -0.4 is 0 Å². The molecular weight excluding hydrogens is 312 g/mol. The van der Waals surface area contributed by atoms with Crippen molar-refractivity contribution < 1.29 is 29.0 Å². The number of aliphatic carboxylic acids is 1. The Morgan fingerprint density at radius 2 is 1.58 bits per heavy atom. The summed E-state index contributed by atoms with van der Waals surface area (Å²) in [6.07, 6.45) is 8.30. The number of rotatable bonds is 12. The summed E-state index contributed by atoms with van der Waals surface area (Å²) in [6.45, 7) is 10.8. The molecule has 0 aromatic carbocycles. The van der Waals surface area contributed by atoms with Crippen molar-refractivity contribution in [3.63, 3.8) is 0 Å². The Balaban J connectivity index is 0. The number of carboxylic acid groups (broad SMARTS) is 1. The maximum Gasteiger partial charge on any atom is 0.333 e. The van der Waals surface area contributed by atoms with Gasteiger partial charge >= 0.3 is 17.9 Å². The normalized spacial score (nSPS) is 9.25. The van der Waals surface area contributed by atoms with Gasteiger partial charge in [0.1, 0.15) is 6.61 Å². The van der Waals surface area contributed by atoms with Crippen molar-refractivity contribution in [2.75, 3.05) is 13.2 Å². The minimum absolute atomic E-state index is 0.0962. The second-order valence-electron chi connectivity index (χ2n) is 5.20. The first kappa shape index (κ1) is 24.1. The zero-order valence-electron chi connectivity index (χ0n) is 14.8. The van der Waals surface area contributed by atoms with E-state index in [1.54, 1.807) is 0 Å². The van der Waals surface area contributed by atoms with Crippen LogP contribution >= 0.6 is 0 Å². The lowest BCUT2D eigenvalue weighted by atomic mass is 10.1. The summed E-state index contributed by atoms with van der Waals surface area (Å²) in [5.74, 6) is -1.85. The fourth-order valence-corrected chi connectivity index (χ4v) is 1.47. The van der Waals surface area contributed by atoms with Gasteiger partial charge in [-0.1, -0.05) is 52.2 Å². The first-order valence-electron chi connectivity index (χ1n) is 8.18. The fraction of sp³-hybridized carbons (Fsp3) is 0.611. The second-order valence-corrected chi connectivity index (χ2v) is 5.20. The van der Waals surface area contributed by atoms with Crippen molar-refractivity contribution in [3.05, 3.63) is 24.8 Å². The van der Waals surface area contributed by atoms with Gasteiger partial charge in [0.2, 0.25) is 0 Å². The third-order valence-corrected chi connectivity index (χ3v) is 2.81.